The Bertz CT molecular complexity index is 596. The van der Waals surface area contributed by atoms with Gasteiger partial charge in [0.25, 0.3) is 0 Å². The Hall–Kier alpha value is -2.24. The van der Waals surface area contributed by atoms with Crippen molar-refractivity contribution < 1.29 is 22.7 Å². The van der Waals surface area contributed by atoms with E-state index in [9.17, 15) is 22.7 Å². The largest absolute Gasteiger partial charge is 0.508 e. The van der Waals surface area contributed by atoms with Crippen molar-refractivity contribution in [3.05, 3.63) is 59.2 Å². The zero-order valence-corrected chi connectivity index (χ0v) is 9.55. The van der Waals surface area contributed by atoms with Gasteiger partial charge in [0.2, 0.25) is 0 Å². The summed E-state index contributed by atoms with van der Waals surface area (Å²) >= 11 is 0. The first kappa shape index (κ1) is 13.2. The highest BCUT2D eigenvalue weighted by Gasteiger charge is 2.09. The number of hydrogen-bond acceptors (Lipinski definition) is 2. The van der Waals surface area contributed by atoms with Gasteiger partial charge in [-0.1, -0.05) is 0 Å². The molecule has 2 aromatic carbocycles. The van der Waals surface area contributed by atoms with Crippen LogP contribution in [0, 0.1) is 23.3 Å². The molecule has 0 aliphatic heterocycles. The van der Waals surface area contributed by atoms with Gasteiger partial charge in [0.1, 0.15) is 17.4 Å². The smallest absolute Gasteiger partial charge is 0.161 e. The Labute approximate surface area is 106 Å². The highest BCUT2D eigenvalue weighted by atomic mass is 19.2. The Morgan fingerprint density at radius 3 is 2.21 bits per heavy atom. The van der Waals surface area contributed by atoms with Crippen molar-refractivity contribution in [3.8, 4) is 5.75 Å². The van der Waals surface area contributed by atoms with Gasteiger partial charge in [-0.25, -0.2) is 17.6 Å². The van der Waals surface area contributed by atoms with Gasteiger partial charge in [-0.3, -0.25) is 0 Å². The van der Waals surface area contributed by atoms with Crippen LogP contribution in [0.25, 0.3) is 0 Å². The van der Waals surface area contributed by atoms with Gasteiger partial charge in [0.05, 0.1) is 5.69 Å². The highest BCUT2D eigenvalue weighted by molar-refractivity contribution is 5.46. The average Bonchev–Trinajstić information content (AvgIpc) is 2.31. The summed E-state index contributed by atoms with van der Waals surface area (Å²) in [4.78, 5) is 0. The van der Waals surface area contributed by atoms with Crippen LogP contribution in [-0.2, 0) is 6.54 Å². The summed E-state index contributed by atoms with van der Waals surface area (Å²) in [6.45, 7) is -0.0483. The minimum Gasteiger partial charge on any atom is -0.508 e. The van der Waals surface area contributed by atoms with Crippen LogP contribution in [-0.4, -0.2) is 5.11 Å². The molecule has 0 aromatic heterocycles. The standard InChI is InChI=1S/C13H9F4NO/c14-8-1-7(2-9(19)3-8)6-18-13-5-11(16)10(15)4-12(13)17/h1-5,18-19H,6H2. The van der Waals surface area contributed by atoms with Gasteiger partial charge in [-0.2, -0.15) is 0 Å². The summed E-state index contributed by atoms with van der Waals surface area (Å²) in [5, 5.41) is 11.7. The van der Waals surface area contributed by atoms with Gasteiger partial charge < -0.3 is 10.4 Å². The number of rotatable bonds is 3. The molecule has 2 aromatic rings. The number of nitrogens with one attached hydrogen (secondary N) is 1. The first-order valence-corrected chi connectivity index (χ1v) is 5.32. The Kier molecular flexibility index (Phi) is 3.59. The average molecular weight is 271 g/mol. The Morgan fingerprint density at radius 2 is 1.53 bits per heavy atom. The number of benzene rings is 2. The SMILES string of the molecule is Oc1cc(F)cc(CNc2cc(F)c(F)cc2F)c1. The van der Waals surface area contributed by atoms with E-state index in [2.05, 4.69) is 5.32 Å². The number of phenolic OH excluding ortho intramolecular Hbond substituents is 1. The van der Waals surface area contributed by atoms with E-state index in [1.54, 1.807) is 0 Å². The minimum absolute atomic E-state index is 0.0483. The molecular weight excluding hydrogens is 262 g/mol. The van der Waals surface area contributed by atoms with Crippen LogP contribution in [0.4, 0.5) is 23.2 Å². The molecule has 6 heteroatoms. The van der Waals surface area contributed by atoms with E-state index >= 15 is 0 Å². The molecule has 2 N–H and O–H groups in total. The normalized spacial score (nSPS) is 10.5. The van der Waals surface area contributed by atoms with Gasteiger partial charge in [-0.15, -0.1) is 0 Å². The maximum atomic E-state index is 13.3. The van der Waals surface area contributed by atoms with Crippen LogP contribution in [0.5, 0.6) is 5.75 Å². The predicted molar refractivity (Wildman–Crippen MR) is 61.7 cm³/mol. The minimum atomic E-state index is -1.29. The highest BCUT2D eigenvalue weighted by Crippen LogP contribution is 2.20. The van der Waals surface area contributed by atoms with Crippen LogP contribution in [0.3, 0.4) is 0 Å². The second-order valence-corrected chi connectivity index (χ2v) is 3.92. The molecule has 0 spiro atoms. The molecule has 0 aliphatic rings. The molecule has 0 unspecified atom stereocenters. The predicted octanol–water partition coefficient (Wildman–Crippen LogP) is 3.56. The van der Waals surface area contributed by atoms with E-state index in [1.165, 1.54) is 6.07 Å². The number of hydrogen-bond donors (Lipinski definition) is 2. The van der Waals surface area contributed by atoms with E-state index in [0.717, 1.165) is 12.1 Å². The molecule has 0 radical (unpaired) electrons. The summed E-state index contributed by atoms with van der Waals surface area (Å²) in [6.07, 6.45) is 0. The van der Waals surface area contributed by atoms with Crippen molar-refractivity contribution in [2.75, 3.05) is 5.32 Å². The Balaban J connectivity index is 2.16. The van der Waals surface area contributed by atoms with Crippen molar-refractivity contribution in [2.24, 2.45) is 0 Å². The third-order valence-electron chi connectivity index (χ3n) is 2.44. The van der Waals surface area contributed by atoms with E-state index in [0.29, 0.717) is 17.7 Å². The van der Waals surface area contributed by atoms with Crippen LogP contribution < -0.4 is 5.32 Å². The number of anilines is 1. The van der Waals surface area contributed by atoms with E-state index < -0.39 is 23.3 Å². The number of halogens is 4. The monoisotopic (exact) mass is 271 g/mol. The second kappa shape index (κ2) is 5.17. The zero-order chi connectivity index (χ0) is 14.0. The van der Waals surface area contributed by atoms with Gasteiger partial charge in [0, 0.05) is 24.7 Å². The third-order valence-corrected chi connectivity index (χ3v) is 2.44. The molecule has 0 saturated heterocycles. The molecule has 19 heavy (non-hydrogen) atoms. The fourth-order valence-corrected chi connectivity index (χ4v) is 1.59. The molecule has 0 bridgehead atoms. The first-order chi connectivity index (χ1) is 8.95. The fraction of sp³-hybridized carbons (Fsp3) is 0.0769. The lowest BCUT2D eigenvalue weighted by Crippen LogP contribution is -2.03. The lowest BCUT2D eigenvalue weighted by Gasteiger charge is -2.08. The van der Waals surface area contributed by atoms with Crippen LogP contribution in [0.2, 0.25) is 0 Å². The second-order valence-electron chi connectivity index (χ2n) is 3.92. The van der Waals surface area contributed by atoms with Crippen LogP contribution in [0.1, 0.15) is 5.56 Å². The maximum absolute atomic E-state index is 13.3. The molecule has 2 rings (SSSR count). The van der Waals surface area contributed by atoms with Crippen LogP contribution >= 0.6 is 0 Å². The molecule has 0 aliphatic carbocycles. The van der Waals surface area contributed by atoms with Crippen LogP contribution in [0.15, 0.2) is 30.3 Å². The van der Waals surface area contributed by atoms with Gasteiger partial charge in [-0.05, 0) is 17.7 Å². The fourth-order valence-electron chi connectivity index (χ4n) is 1.59. The summed E-state index contributed by atoms with van der Waals surface area (Å²) < 4.78 is 51.9. The topological polar surface area (TPSA) is 32.3 Å². The summed E-state index contributed by atoms with van der Waals surface area (Å²) in [5.41, 5.74) is 0.0873. The molecular formula is C13H9F4NO. The summed E-state index contributed by atoms with van der Waals surface area (Å²) in [5.74, 6) is -4.36. The van der Waals surface area contributed by atoms with Crippen molar-refractivity contribution >= 4 is 5.69 Å². The van der Waals surface area contributed by atoms with Gasteiger partial charge in [0.15, 0.2) is 11.6 Å². The maximum Gasteiger partial charge on any atom is 0.161 e. The molecule has 2 nitrogen and oxygen atoms in total. The molecule has 0 heterocycles. The van der Waals surface area contributed by atoms with Crippen molar-refractivity contribution in [3.63, 3.8) is 0 Å². The zero-order valence-electron chi connectivity index (χ0n) is 9.55. The number of aromatic hydroxyl groups is 1. The van der Waals surface area contributed by atoms with Crippen molar-refractivity contribution in [1.82, 2.24) is 0 Å². The van der Waals surface area contributed by atoms with Crippen molar-refractivity contribution in [1.29, 1.82) is 0 Å². The molecule has 0 atom stereocenters. The van der Waals surface area contributed by atoms with E-state index in [-0.39, 0.29) is 18.0 Å². The van der Waals surface area contributed by atoms with Gasteiger partial charge >= 0.3 is 0 Å². The van der Waals surface area contributed by atoms with E-state index in [4.69, 9.17) is 0 Å². The molecule has 100 valence electrons. The summed E-state index contributed by atoms with van der Waals surface area (Å²) in [6, 6.07) is 4.41. The lowest BCUT2D eigenvalue weighted by molar-refractivity contribution is 0.468. The summed E-state index contributed by atoms with van der Waals surface area (Å²) in [7, 11) is 0. The number of phenols is 1. The van der Waals surface area contributed by atoms with E-state index in [1.807, 2.05) is 0 Å². The Morgan fingerprint density at radius 1 is 0.842 bits per heavy atom. The quantitative estimate of drug-likeness (QED) is 0.661. The van der Waals surface area contributed by atoms with Crippen molar-refractivity contribution in [2.45, 2.75) is 6.54 Å². The molecule has 0 amide bonds. The lowest BCUT2D eigenvalue weighted by atomic mass is 10.2. The molecule has 0 fully saturated rings. The third kappa shape index (κ3) is 3.15. The molecule has 0 saturated carbocycles. The first-order valence-electron chi connectivity index (χ1n) is 5.32.